The molecule has 4 heteroatoms. The Morgan fingerprint density at radius 2 is 2.13 bits per heavy atom. The fourth-order valence-electron chi connectivity index (χ4n) is 3.17. The molecule has 0 spiro atoms. The van der Waals surface area contributed by atoms with E-state index in [1.165, 1.54) is 0 Å². The summed E-state index contributed by atoms with van der Waals surface area (Å²) < 4.78 is 7.00. The van der Waals surface area contributed by atoms with Gasteiger partial charge in [0, 0.05) is 18.7 Å². The molecule has 0 saturated carbocycles. The van der Waals surface area contributed by atoms with E-state index in [1.807, 2.05) is 0 Å². The van der Waals surface area contributed by atoms with Crippen molar-refractivity contribution >= 4 is 21.8 Å². The average molecular weight is 381 g/mol. The summed E-state index contributed by atoms with van der Waals surface area (Å²) >= 11 is 3.56. The van der Waals surface area contributed by atoms with Crippen molar-refractivity contribution in [2.24, 2.45) is 10.9 Å². The molecule has 0 aromatic heterocycles. The molecule has 2 atom stereocenters. The van der Waals surface area contributed by atoms with Gasteiger partial charge in [0.15, 0.2) is 0 Å². The maximum atomic E-state index is 6.08. The smallest absolute Gasteiger partial charge is 0.116 e. The largest absolute Gasteiger partial charge is 0.376 e. The fourth-order valence-corrected chi connectivity index (χ4v) is 3.54. The maximum Gasteiger partial charge on any atom is 0.116 e. The van der Waals surface area contributed by atoms with E-state index < -0.39 is 0 Å². The molecular formula is C19H29BrN2O. The van der Waals surface area contributed by atoms with Crippen LogP contribution in [0.25, 0.3) is 0 Å². The first-order chi connectivity index (χ1) is 11.0. The Labute approximate surface area is 149 Å². The van der Waals surface area contributed by atoms with Crippen LogP contribution < -0.4 is 0 Å². The van der Waals surface area contributed by atoms with Gasteiger partial charge in [-0.15, -0.1) is 0 Å². The summed E-state index contributed by atoms with van der Waals surface area (Å²) in [5, 5.41) is 0. The van der Waals surface area contributed by atoms with Crippen LogP contribution >= 0.6 is 15.9 Å². The van der Waals surface area contributed by atoms with E-state index in [1.54, 1.807) is 0 Å². The predicted molar refractivity (Wildman–Crippen MR) is 102 cm³/mol. The van der Waals surface area contributed by atoms with Gasteiger partial charge in [0.2, 0.25) is 0 Å². The Hall–Kier alpha value is -0.870. The Bertz CT molecular complexity index is 507. The predicted octanol–water partition coefficient (Wildman–Crippen LogP) is 5.40. The molecular weight excluding hydrogens is 352 g/mol. The molecule has 2 rings (SSSR count). The van der Waals surface area contributed by atoms with Crippen LogP contribution in [0.3, 0.4) is 0 Å². The normalized spacial score (nSPS) is 32.9. The lowest BCUT2D eigenvalue weighted by molar-refractivity contribution is -0.00335. The van der Waals surface area contributed by atoms with Gasteiger partial charge in [0.25, 0.3) is 0 Å². The lowest BCUT2D eigenvalue weighted by atomic mass is 9.94. The van der Waals surface area contributed by atoms with Crippen LogP contribution in [0.5, 0.6) is 0 Å². The third-order valence-corrected chi connectivity index (χ3v) is 4.92. The van der Waals surface area contributed by atoms with Crippen LogP contribution in [0.2, 0.25) is 0 Å². The van der Waals surface area contributed by atoms with E-state index in [0.29, 0.717) is 12.0 Å². The van der Waals surface area contributed by atoms with Crippen molar-refractivity contribution in [3.8, 4) is 0 Å². The van der Waals surface area contributed by atoms with Crippen LogP contribution in [0.1, 0.15) is 52.4 Å². The minimum absolute atomic E-state index is 0.286. The van der Waals surface area contributed by atoms with Crippen LogP contribution in [-0.2, 0) is 4.74 Å². The van der Waals surface area contributed by atoms with Crippen molar-refractivity contribution in [1.29, 1.82) is 0 Å². The first-order valence-corrected chi connectivity index (χ1v) is 9.44. The number of hydrogen-bond acceptors (Lipinski definition) is 3. The number of aliphatic imine (C=N–C) groups is 1. The second kappa shape index (κ2) is 8.84. The van der Waals surface area contributed by atoms with Gasteiger partial charge in [-0.2, -0.15) is 0 Å². The van der Waals surface area contributed by atoms with Gasteiger partial charge in [0.05, 0.1) is 12.2 Å². The second-order valence-corrected chi connectivity index (χ2v) is 7.48. The Kier molecular flexibility index (Phi) is 7.09. The van der Waals surface area contributed by atoms with Crippen molar-refractivity contribution in [2.75, 3.05) is 7.05 Å². The van der Waals surface area contributed by atoms with E-state index in [0.717, 1.165) is 54.7 Å². The van der Waals surface area contributed by atoms with Gasteiger partial charge in [-0.25, -0.2) is 4.99 Å². The molecule has 0 aliphatic carbocycles. The molecule has 1 fully saturated rings. The molecule has 0 radical (unpaired) electrons. The third-order valence-electron chi connectivity index (χ3n) is 4.42. The number of rotatable bonds is 2. The molecule has 0 bridgehead atoms. The minimum Gasteiger partial charge on any atom is -0.376 e. The maximum absolute atomic E-state index is 6.08. The third kappa shape index (κ3) is 5.61. The molecule has 23 heavy (non-hydrogen) atoms. The van der Waals surface area contributed by atoms with Gasteiger partial charge in [-0.3, -0.25) is 0 Å². The van der Waals surface area contributed by atoms with Crippen LogP contribution in [0.15, 0.2) is 40.1 Å². The molecule has 0 aromatic carbocycles. The number of allylic oxidation sites excluding steroid dienone is 3. The highest BCUT2D eigenvalue weighted by Gasteiger charge is 2.23. The standard InChI is InChI=1S/C19H29BrN2O/c1-14(2)23-17-10-7-9-16-8-5-6-11-18(20)21-19(16)22(4)15(3)12-13-17/h5,8,11,14,16-17H,3,6-7,9-10,12-13H2,1-2,4H3/b8-5+,18-11-,21-19+. The van der Waals surface area contributed by atoms with Crippen molar-refractivity contribution in [3.63, 3.8) is 0 Å². The van der Waals surface area contributed by atoms with Crippen molar-refractivity contribution in [3.05, 3.63) is 35.1 Å². The number of halogens is 1. The lowest BCUT2D eigenvalue weighted by Crippen LogP contribution is -2.33. The summed E-state index contributed by atoms with van der Waals surface area (Å²) in [5.41, 5.74) is 1.11. The fraction of sp³-hybridized carbons (Fsp3) is 0.632. The van der Waals surface area contributed by atoms with Crippen molar-refractivity contribution < 1.29 is 4.74 Å². The quantitative estimate of drug-likeness (QED) is 0.473. The zero-order chi connectivity index (χ0) is 16.8. The van der Waals surface area contributed by atoms with Crippen molar-refractivity contribution in [2.45, 2.75) is 64.6 Å². The summed E-state index contributed by atoms with van der Waals surface area (Å²) in [6.07, 6.45) is 13.6. The number of fused-ring (bicyclic) bond motifs is 1. The zero-order valence-electron chi connectivity index (χ0n) is 14.6. The molecule has 0 N–H and O–H groups in total. The van der Waals surface area contributed by atoms with E-state index in [4.69, 9.17) is 9.73 Å². The Morgan fingerprint density at radius 3 is 2.87 bits per heavy atom. The Balaban J connectivity index is 2.20. The molecule has 1 saturated heterocycles. The molecule has 3 nitrogen and oxygen atoms in total. The number of nitrogens with zero attached hydrogens (tertiary/aromatic N) is 2. The van der Waals surface area contributed by atoms with E-state index in [2.05, 4.69) is 66.5 Å². The first kappa shape index (κ1) is 18.5. The average Bonchev–Trinajstić information content (AvgIpc) is 2.48. The highest BCUT2D eigenvalue weighted by molar-refractivity contribution is 9.11. The van der Waals surface area contributed by atoms with Gasteiger partial charge < -0.3 is 9.64 Å². The monoisotopic (exact) mass is 380 g/mol. The highest BCUT2D eigenvalue weighted by Crippen LogP contribution is 2.27. The minimum atomic E-state index is 0.286. The zero-order valence-corrected chi connectivity index (χ0v) is 16.2. The summed E-state index contributed by atoms with van der Waals surface area (Å²) in [5.74, 6) is 1.44. The van der Waals surface area contributed by atoms with E-state index in [9.17, 15) is 0 Å². The van der Waals surface area contributed by atoms with Crippen LogP contribution in [0.4, 0.5) is 0 Å². The summed E-state index contributed by atoms with van der Waals surface area (Å²) in [6.45, 7) is 8.52. The van der Waals surface area contributed by atoms with E-state index >= 15 is 0 Å². The van der Waals surface area contributed by atoms with Gasteiger partial charge in [0.1, 0.15) is 10.4 Å². The Morgan fingerprint density at radius 1 is 1.35 bits per heavy atom. The lowest BCUT2D eigenvalue weighted by Gasteiger charge is -2.31. The van der Waals surface area contributed by atoms with Gasteiger partial charge in [-0.05, 0) is 74.4 Å². The van der Waals surface area contributed by atoms with Crippen LogP contribution in [0, 0.1) is 5.92 Å². The second-order valence-electron chi connectivity index (χ2n) is 6.67. The topological polar surface area (TPSA) is 24.8 Å². The van der Waals surface area contributed by atoms with Crippen molar-refractivity contribution in [1.82, 2.24) is 4.90 Å². The van der Waals surface area contributed by atoms with Gasteiger partial charge >= 0.3 is 0 Å². The summed E-state index contributed by atoms with van der Waals surface area (Å²) in [6, 6.07) is 0. The molecule has 0 aromatic rings. The highest BCUT2D eigenvalue weighted by atomic mass is 79.9. The number of hydrogen-bond donors (Lipinski definition) is 0. The molecule has 2 heterocycles. The first-order valence-electron chi connectivity index (χ1n) is 8.65. The van der Waals surface area contributed by atoms with Gasteiger partial charge in [-0.1, -0.05) is 18.7 Å². The van der Waals surface area contributed by atoms with E-state index in [-0.39, 0.29) is 6.10 Å². The summed E-state index contributed by atoms with van der Waals surface area (Å²) in [4.78, 5) is 6.98. The molecule has 0 amide bonds. The molecule has 2 unspecified atom stereocenters. The molecule has 128 valence electrons. The number of amidine groups is 1. The molecule has 2 aliphatic rings. The van der Waals surface area contributed by atoms with Crippen LogP contribution in [-0.4, -0.2) is 30.0 Å². The SMILES string of the molecule is C=C1CCC(OC(C)C)CCCC2/C=C/C/C=C(Br)\N=C/2N1C. The number of ether oxygens (including phenoxy) is 1. The summed E-state index contributed by atoms with van der Waals surface area (Å²) in [7, 11) is 2.09. The molecule has 2 aliphatic heterocycles.